The lowest BCUT2D eigenvalue weighted by Gasteiger charge is -2.14. The van der Waals surface area contributed by atoms with Gasteiger partial charge in [0, 0.05) is 0 Å². The van der Waals surface area contributed by atoms with Crippen molar-refractivity contribution in [2.45, 2.75) is 19.4 Å². The summed E-state index contributed by atoms with van der Waals surface area (Å²) in [5, 5.41) is 8.76. The van der Waals surface area contributed by atoms with Crippen LogP contribution in [0.25, 0.3) is 0 Å². The normalized spacial score (nSPS) is 24.6. The summed E-state index contributed by atoms with van der Waals surface area (Å²) in [5.74, 6) is -0.473. The number of rotatable bonds is 2. The van der Waals surface area contributed by atoms with E-state index in [9.17, 15) is 9.59 Å². The van der Waals surface area contributed by atoms with Crippen molar-refractivity contribution in [3.8, 4) is 6.07 Å². The quantitative estimate of drug-likeness (QED) is 0.607. The van der Waals surface area contributed by atoms with E-state index in [1.165, 1.54) is 4.90 Å². The minimum absolute atomic E-state index is 0.0614. The smallest absolute Gasteiger partial charge is 0.233 e. The maximum atomic E-state index is 12.3. The Morgan fingerprint density at radius 3 is 2.10 bits per heavy atom. The van der Waals surface area contributed by atoms with Crippen LogP contribution in [-0.2, 0) is 16.1 Å². The zero-order valence-electron chi connectivity index (χ0n) is 11.0. The lowest BCUT2D eigenvalue weighted by atomic mass is 9.85. The fraction of sp³-hybridized carbons (Fsp3) is 0.312. The number of nitriles is 1. The summed E-state index contributed by atoms with van der Waals surface area (Å²) in [4.78, 5) is 26.0. The van der Waals surface area contributed by atoms with E-state index in [1.54, 1.807) is 24.3 Å². The van der Waals surface area contributed by atoms with E-state index in [0.717, 1.165) is 5.56 Å². The highest BCUT2D eigenvalue weighted by Gasteiger charge is 2.46. The molecule has 2 aliphatic rings. The molecule has 2 amide bonds. The van der Waals surface area contributed by atoms with Gasteiger partial charge in [-0.1, -0.05) is 24.3 Å². The van der Waals surface area contributed by atoms with Gasteiger partial charge in [-0.2, -0.15) is 5.26 Å². The zero-order valence-corrected chi connectivity index (χ0v) is 11.0. The first-order chi connectivity index (χ1) is 9.70. The fourth-order valence-corrected chi connectivity index (χ4v) is 2.89. The molecule has 4 nitrogen and oxygen atoms in total. The molecule has 0 bridgehead atoms. The highest BCUT2D eigenvalue weighted by atomic mass is 16.2. The third kappa shape index (κ3) is 2.01. The van der Waals surface area contributed by atoms with Crippen molar-refractivity contribution in [3.63, 3.8) is 0 Å². The Morgan fingerprint density at radius 1 is 1.05 bits per heavy atom. The predicted molar refractivity (Wildman–Crippen MR) is 72.1 cm³/mol. The number of amides is 2. The lowest BCUT2D eigenvalue weighted by molar-refractivity contribution is -0.140. The van der Waals surface area contributed by atoms with Gasteiger partial charge in [0.1, 0.15) is 0 Å². The SMILES string of the molecule is N#Cc1ccc(CN2C(=O)[C@H]3CC=CC[C@@H]3C2=O)cc1. The maximum absolute atomic E-state index is 12.3. The Labute approximate surface area is 117 Å². The van der Waals surface area contributed by atoms with Crippen LogP contribution < -0.4 is 0 Å². The fourth-order valence-electron chi connectivity index (χ4n) is 2.89. The molecular formula is C16H14N2O2. The van der Waals surface area contributed by atoms with Crippen molar-refractivity contribution in [1.82, 2.24) is 4.90 Å². The van der Waals surface area contributed by atoms with Gasteiger partial charge in [0.15, 0.2) is 0 Å². The molecule has 1 fully saturated rings. The molecule has 1 aliphatic heterocycles. The molecule has 1 aromatic rings. The van der Waals surface area contributed by atoms with Gasteiger partial charge in [-0.3, -0.25) is 14.5 Å². The van der Waals surface area contributed by atoms with Gasteiger partial charge in [-0.15, -0.1) is 0 Å². The predicted octanol–water partition coefficient (Wildman–Crippen LogP) is 2.01. The van der Waals surface area contributed by atoms with Crippen LogP contribution >= 0.6 is 0 Å². The van der Waals surface area contributed by atoms with Crippen LogP contribution in [0, 0.1) is 23.2 Å². The van der Waals surface area contributed by atoms with Crippen molar-refractivity contribution in [3.05, 3.63) is 47.5 Å². The molecule has 4 heteroatoms. The molecular weight excluding hydrogens is 252 g/mol. The second-order valence-electron chi connectivity index (χ2n) is 5.23. The van der Waals surface area contributed by atoms with Crippen LogP contribution in [-0.4, -0.2) is 16.7 Å². The standard InChI is InChI=1S/C16H14N2O2/c17-9-11-5-7-12(8-6-11)10-18-15(19)13-3-1-2-4-14(13)16(18)20/h1-2,5-8,13-14H,3-4,10H2/t13-,14-/m0/s1. The third-order valence-electron chi connectivity index (χ3n) is 4.02. The highest BCUT2D eigenvalue weighted by Crippen LogP contribution is 2.35. The van der Waals surface area contributed by atoms with Gasteiger partial charge < -0.3 is 0 Å². The van der Waals surface area contributed by atoms with Gasteiger partial charge in [0.05, 0.1) is 30.0 Å². The van der Waals surface area contributed by atoms with E-state index in [0.29, 0.717) is 24.9 Å². The van der Waals surface area contributed by atoms with Crippen molar-refractivity contribution in [2.24, 2.45) is 11.8 Å². The molecule has 0 saturated carbocycles. The summed E-state index contributed by atoms with van der Waals surface area (Å²) in [5.41, 5.74) is 1.45. The van der Waals surface area contributed by atoms with Crippen LogP contribution in [0.2, 0.25) is 0 Å². The molecule has 1 aromatic carbocycles. The topological polar surface area (TPSA) is 61.2 Å². The largest absolute Gasteiger partial charge is 0.278 e. The average Bonchev–Trinajstić information content (AvgIpc) is 2.74. The first kappa shape index (κ1) is 12.6. The van der Waals surface area contributed by atoms with Crippen molar-refractivity contribution >= 4 is 11.8 Å². The summed E-state index contributed by atoms with van der Waals surface area (Å²) in [7, 11) is 0. The Hall–Kier alpha value is -2.41. The highest BCUT2D eigenvalue weighted by molar-refractivity contribution is 6.05. The molecule has 0 spiro atoms. The van der Waals surface area contributed by atoms with E-state index in [2.05, 4.69) is 6.07 Å². The van der Waals surface area contributed by atoms with Crippen LogP contribution in [0.3, 0.4) is 0 Å². The number of benzene rings is 1. The minimum atomic E-state index is -0.175. The zero-order chi connectivity index (χ0) is 14.1. The number of carbonyl (C=O) groups excluding carboxylic acids is 2. The van der Waals surface area contributed by atoms with Gasteiger partial charge >= 0.3 is 0 Å². The van der Waals surface area contributed by atoms with Crippen LogP contribution in [0.5, 0.6) is 0 Å². The Bertz CT molecular complexity index is 599. The molecule has 1 heterocycles. The molecule has 100 valence electrons. The van der Waals surface area contributed by atoms with Gasteiger partial charge in [-0.25, -0.2) is 0 Å². The van der Waals surface area contributed by atoms with E-state index >= 15 is 0 Å². The van der Waals surface area contributed by atoms with Crippen LogP contribution in [0.15, 0.2) is 36.4 Å². The van der Waals surface area contributed by atoms with Gasteiger partial charge in [0.25, 0.3) is 0 Å². The van der Waals surface area contributed by atoms with Crippen molar-refractivity contribution in [1.29, 1.82) is 5.26 Å². The monoisotopic (exact) mass is 266 g/mol. The molecule has 2 atom stereocenters. The molecule has 0 aromatic heterocycles. The minimum Gasteiger partial charge on any atom is -0.278 e. The Balaban J connectivity index is 1.79. The average molecular weight is 266 g/mol. The van der Waals surface area contributed by atoms with E-state index in [1.807, 2.05) is 12.2 Å². The molecule has 1 aliphatic carbocycles. The Kier molecular flexibility index (Phi) is 3.11. The number of fused-ring (bicyclic) bond motifs is 1. The number of imide groups is 1. The third-order valence-corrected chi connectivity index (χ3v) is 4.02. The Morgan fingerprint density at radius 2 is 1.60 bits per heavy atom. The summed E-state index contributed by atoms with van der Waals surface area (Å²) in [6.07, 6.45) is 5.30. The number of nitrogens with zero attached hydrogens (tertiary/aromatic N) is 2. The maximum Gasteiger partial charge on any atom is 0.233 e. The van der Waals surface area contributed by atoms with Gasteiger partial charge in [0.2, 0.25) is 11.8 Å². The second-order valence-corrected chi connectivity index (χ2v) is 5.23. The number of hydrogen-bond donors (Lipinski definition) is 0. The molecule has 0 unspecified atom stereocenters. The molecule has 1 saturated heterocycles. The summed E-state index contributed by atoms with van der Waals surface area (Å²) in [6.45, 7) is 0.302. The first-order valence-corrected chi connectivity index (χ1v) is 6.70. The first-order valence-electron chi connectivity index (χ1n) is 6.70. The number of likely N-dealkylation sites (tertiary alicyclic amines) is 1. The lowest BCUT2D eigenvalue weighted by Crippen LogP contribution is -2.30. The molecule has 3 rings (SSSR count). The van der Waals surface area contributed by atoms with Crippen LogP contribution in [0.1, 0.15) is 24.0 Å². The van der Waals surface area contributed by atoms with E-state index in [-0.39, 0.29) is 23.7 Å². The molecule has 20 heavy (non-hydrogen) atoms. The second kappa shape index (κ2) is 4.93. The summed E-state index contributed by atoms with van der Waals surface area (Å²) in [6, 6.07) is 9.04. The van der Waals surface area contributed by atoms with E-state index < -0.39 is 0 Å². The van der Waals surface area contributed by atoms with Gasteiger partial charge in [-0.05, 0) is 30.5 Å². The van der Waals surface area contributed by atoms with Crippen molar-refractivity contribution < 1.29 is 9.59 Å². The molecule has 0 radical (unpaired) electrons. The molecule has 0 N–H and O–H groups in total. The summed E-state index contributed by atoms with van der Waals surface area (Å²) < 4.78 is 0. The number of allylic oxidation sites excluding steroid dienone is 2. The number of hydrogen-bond acceptors (Lipinski definition) is 3. The summed E-state index contributed by atoms with van der Waals surface area (Å²) >= 11 is 0. The number of carbonyl (C=O) groups is 2. The van der Waals surface area contributed by atoms with E-state index in [4.69, 9.17) is 5.26 Å². The van der Waals surface area contributed by atoms with Crippen LogP contribution in [0.4, 0.5) is 0 Å². The van der Waals surface area contributed by atoms with Crippen molar-refractivity contribution in [2.75, 3.05) is 0 Å².